The molecule has 0 atom stereocenters. The van der Waals surface area contributed by atoms with E-state index in [1.807, 2.05) is 6.07 Å². The molecule has 0 bridgehead atoms. The summed E-state index contributed by atoms with van der Waals surface area (Å²) in [5.74, 6) is 0. The highest BCUT2D eigenvalue weighted by atomic mass is 16.3. The number of furan rings is 1. The lowest BCUT2D eigenvalue weighted by molar-refractivity contribution is 0.662. The van der Waals surface area contributed by atoms with E-state index in [1.54, 1.807) is 0 Å². The fourth-order valence-corrected chi connectivity index (χ4v) is 12.4. The fourth-order valence-electron chi connectivity index (χ4n) is 12.4. The number of nitrogens with zero attached hydrogens (tertiary/aromatic N) is 1. The second-order valence-corrected chi connectivity index (χ2v) is 18.7. The molecule has 1 heterocycles. The van der Waals surface area contributed by atoms with Crippen molar-refractivity contribution in [3.05, 3.63) is 258 Å². The standard InChI is InChI=1S/C64H43NO/c1-63(2)53-25-8-3-18-48(53)50-23-13-21-44(61(50)63)40-32-36-42(37-33-40)65(43-38-34-41(35-39-43)45-22-14-24-51-49-19-7-12-31-59(49)66-62(45)51)58-30-15-29-57-60(58)52-20-6-11-28-56(52)64(57)54-26-9-4-16-46(54)47-17-5-10-27-55(47)64/h3-39H,1-2H3. The average Bonchev–Trinajstić information content (AvgIpc) is 4.07. The normalized spacial score (nSPS) is 14.2. The van der Waals surface area contributed by atoms with Gasteiger partial charge in [0.05, 0.1) is 11.1 Å². The summed E-state index contributed by atoms with van der Waals surface area (Å²) < 4.78 is 6.53. The van der Waals surface area contributed by atoms with Crippen molar-refractivity contribution in [3.63, 3.8) is 0 Å². The maximum Gasteiger partial charge on any atom is 0.143 e. The zero-order chi connectivity index (χ0) is 43.7. The van der Waals surface area contributed by atoms with Crippen LogP contribution in [0.4, 0.5) is 17.1 Å². The van der Waals surface area contributed by atoms with E-state index >= 15 is 0 Å². The Balaban J connectivity index is 0.969. The first-order valence-corrected chi connectivity index (χ1v) is 23.1. The molecule has 0 fully saturated rings. The van der Waals surface area contributed by atoms with Crippen LogP contribution in [0.15, 0.2) is 229 Å². The van der Waals surface area contributed by atoms with E-state index in [0.717, 1.165) is 50.1 Å². The summed E-state index contributed by atoms with van der Waals surface area (Å²) in [5.41, 5.74) is 25.2. The summed E-state index contributed by atoms with van der Waals surface area (Å²) in [6.07, 6.45) is 0. The predicted octanol–water partition coefficient (Wildman–Crippen LogP) is 17.0. The van der Waals surface area contributed by atoms with E-state index in [0.29, 0.717) is 0 Å². The Morgan fingerprint density at radius 1 is 0.348 bits per heavy atom. The largest absolute Gasteiger partial charge is 0.455 e. The lowest BCUT2D eigenvalue weighted by Gasteiger charge is -2.32. The molecule has 14 rings (SSSR count). The van der Waals surface area contributed by atoms with Crippen LogP contribution < -0.4 is 4.90 Å². The molecule has 0 saturated carbocycles. The topological polar surface area (TPSA) is 16.4 Å². The lowest BCUT2D eigenvalue weighted by atomic mass is 9.70. The van der Waals surface area contributed by atoms with Crippen molar-refractivity contribution < 1.29 is 4.42 Å². The average molecular weight is 842 g/mol. The number of hydrogen-bond donors (Lipinski definition) is 0. The van der Waals surface area contributed by atoms with E-state index in [-0.39, 0.29) is 5.41 Å². The van der Waals surface area contributed by atoms with E-state index in [1.165, 1.54) is 77.9 Å². The Labute approximate surface area is 384 Å². The molecule has 11 aromatic rings. The monoisotopic (exact) mass is 841 g/mol. The molecule has 0 radical (unpaired) electrons. The first kappa shape index (κ1) is 37.2. The smallest absolute Gasteiger partial charge is 0.143 e. The van der Waals surface area contributed by atoms with Gasteiger partial charge in [-0.05, 0) is 114 Å². The first-order chi connectivity index (χ1) is 32.5. The molecule has 66 heavy (non-hydrogen) atoms. The third-order valence-electron chi connectivity index (χ3n) is 15.1. The number of rotatable bonds is 5. The van der Waals surface area contributed by atoms with Gasteiger partial charge in [-0.3, -0.25) is 0 Å². The van der Waals surface area contributed by atoms with E-state index in [2.05, 4.69) is 237 Å². The van der Waals surface area contributed by atoms with Gasteiger partial charge in [0.2, 0.25) is 0 Å². The molecule has 0 saturated heterocycles. The molecule has 1 spiro atoms. The van der Waals surface area contributed by atoms with Gasteiger partial charge >= 0.3 is 0 Å². The maximum atomic E-state index is 6.53. The van der Waals surface area contributed by atoms with Gasteiger partial charge in [-0.2, -0.15) is 0 Å². The van der Waals surface area contributed by atoms with Crippen LogP contribution in [0.2, 0.25) is 0 Å². The zero-order valence-electron chi connectivity index (χ0n) is 36.7. The van der Waals surface area contributed by atoms with Crippen molar-refractivity contribution in [3.8, 4) is 55.6 Å². The van der Waals surface area contributed by atoms with Crippen LogP contribution in [0.1, 0.15) is 47.2 Å². The molecule has 0 aliphatic heterocycles. The number of benzene rings is 10. The minimum atomic E-state index is -0.447. The summed E-state index contributed by atoms with van der Waals surface area (Å²) in [7, 11) is 0. The molecular weight excluding hydrogens is 799 g/mol. The predicted molar refractivity (Wildman–Crippen MR) is 273 cm³/mol. The molecular formula is C64H43NO. The SMILES string of the molecule is CC1(C)c2ccccc2-c2cccc(-c3ccc(N(c4ccc(-c5cccc6c5oc5ccccc56)cc4)c4cccc5c4-c4ccccc4C54c5ccccc5-c5ccccc54)cc3)c21. The second kappa shape index (κ2) is 13.7. The lowest BCUT2D eigenvalue weighted by Crippen LogP contribution is -2.26. The highest BCUT2D eigenvalue weighted by Gasteiger charge is 2.52. The number of hydrogen-bond acceptors (Lipinski definition) is 2. The minimum absolute atomic E-state index is 0.118. The van der Waals surface area contributed by atoms with Gasteiger partial charge in [-0.1, -0.05) is 202 Å². The Morgan fingerprint density at radius 2 is 0.803 bits per heavy atom. The number of para-hydroxylation sites is 2. The van der Waals surface area contributed by atoms with Crippen LogP contribution in [0.3, 0.4) is 0 Å². The molecule has 1 aromatic heterocycles. The van der Waals surface area contributed by atoms with E-state index < -0.39 is 5.41 Å². The molecule has 2 nitrogen and oxygen atoms in total. The summed E-state index contributed by atoms with van der Waals surface area (Å²) >= 11 is 0. The van der Waals surface area contributed by atoms with Gasteiger partial charge in [-0.25, -0.2) is 0 Å². The summed E-state index contributed by atoms with van der Waals surface area (Å²) in [4.78, 5) is 2.48. The Bertz CT molecular complexity index is 3750. The van der Waals surface area contributed by atoms with Gasteiger partial charge in [0.25, 0.3) is 0 Å². The van der Waals surface area contributed by atoms with Gasteiger partial charge < -0.3 is 9.32 Å². The Hall–Kier alpha value is -8.20. The molecule has 2 heteroatoms. The molecule has 310 valence electrons. The third kappa shape index (κ3) is 4.91. The van der Waals surface area contributed by atoms with Gasteiger partial charge in [-0.15, -0.1) is 0 Å². The van der Waals surface area contributed by atoms with E-state index in [9.17, 15) is 0 Å². The highest BCUT2D eigenvalue weighted by Crippen LogP contribution is 2.65. The Kier molecular flexibility index (Phi) is 7.70. The van der Waals surface area contributed by atoms with Crippen molar-refractivity contribution in [2.75, 3.05) is 4.90 Å². The first-order valence-electron chi connectivity index (χ1n) is 23.1. The van der Waals surface area contributed by atoms with Crippen LogP contribution in [0.25, 0.3) is 77.6 Å². The summed E-state index contributed by atoms with van der Waals surface area (Å²) in [6, 6.07) is 83.1. The van der Waals surface area contributed by atoms with Crippen molar-refractivity contribution in [1.29, 1.82) is 0 Å². The van der Waals surface area contributed by atoms with Gasteiger partial charge in [0.1, 0.15) is 11.2 Å². The van der Waals surface area contributed by atoms with Gasteiger partial charge in [0.15, 0.2) is 0 Å². The molecule has 3 aliphatic rings. The summed E-state index contributed by atoms with van der Waals surface area (Å²) in [5, 5.41) is 2.27. The van der Waals surface area contributed by atoms with Crippen molar-refractivity contribution in [2.24, 2.45) is 0 Å². The second-order valence-electron chi connectivity index (χ2n) is 18.7. The summed E-state index contributed by atoms with van der Waals surface area (Å²) in [6.45, 7) is 4.74. The van der Waals surface area contributed by atoms with Crippen LogP contribution >= 0.6 is 0 Å². The van der Waals surface area contributed by atoms with Crippen molar-refractivity contribution in [2.45, 2.75) is 24.7 Å². The number of anilines is 3. The molecule has 0 N–H and O–H groups in total. The van der Waals surface area contributed by atoms with Crippen molar-refractivity contribution >= 4 is 39.0 Å². The van der Waals surface area contributed by atoms with Crippen LogP contribution in [-0.2, 0) is 10.8 Å². The van der Waals surface area contributed by atoms with Crippen molar-refractivity contribution in [1.82, 2.24) is 0 Å². The molecule has 0 unspecified atom stereocenters. The maximum absolute atomic E-state index is 6.53. The van der Waals surface area contributed by atoms with Crippen LogP contribution in [-0.4, -0.2) is 0 Å². The molecule has 0 amide bonds. The number of fused-ring (bicyclic) bond motifs is 16. The quantitative estimate of drug-likeness (QED) is 0.172. The van der Waals surface area contributed by atoms with Gasteiger partial charge in [0, 0.05) is 38.7 Å². The zero-order valence-corrected chi connectivity index (χ0v) is 36.7. The molecule has 3 aliphatic carbocycles. The van der Waals surface area contributed by atoms with Crippen LogP contribution in [0, 0.1) is 0 Å². The Morgan fingerprint density at radius 3 is 1.48 bits per heavy atom. The highest BCUT2D eigenvalue weighted by molar-refractivity contribution is 6.10. The minimum Gasteiger partial charge on any atom is -0.455 e. The third-order valence-corrected chi connectivity index (χ3v) is 15.1. The van der Waals surface area contributed by atoms with E-state index in [4.69, 9.17) is 4.42 Å². The van der Waals surface area contributed by atoms with Crippen LogP contribution in [0.5, 0.6) is 0 Å². The fraction of sp³-hybridized carbons (Fsp3) is 0.0625. The molecule has 10 aromatic carbocycles.